The molecule has 0 aliphatic carbocycles. The van der Waals surface area contributed by atoms with E-state index in [9.17, 15) is 9.59 Å². The summed E-state index contributed by atoms with van der Waals surface area (Å²) >= 11 is 0. The molecular weight excluding hydrogens is 412 g/mol. The van der Waals surface area contributed by atoms with E-state index < -0.39 is 11.5 Å². The molecule has 0 bridgehead atoms. The average Bonchev–Trinajstić information content (AvgIpc) is 3.52. The third-order valence-corrected chi connectivity index (χ3v) is 7.73. The van der Waals surface area contributed by atoms with Gasteiger partial charge in [0, 0.05) is 28.8 Å². The van der Waals surface area contributed by atoms with Crippen molar-refractivity contribution in [2.24, 2.45) is 5.92 Å². The second-order valence-corrected chi connectivity index (χ2v) is 9.18. The van der Waals surface area contributed by atoms with Gasteiger partial charge >= 0.3 is 0 Å². The van der Waals surface area contributed by atoms with Crippen molar-refractivity contribution in [2.75, 3.05) is 19.0 Å². The zero-order chi connectivity index (χ0) is 22.6. The van der Waals surface area contributed by atoms with Crippen LogP contribution in [-0.4, -0.2) is 36.3 Å². The SMILES string of the molecule is COc1ccc2c(c1)[C@]1(C(=O)N2)[C@H](C(=O)c2ccccc2)[C@@H](c2ccccc2)[C@H]2CCCN21. The van der Waals surface area contributed by atoms with Crippen LogP contribution in [0.1, 0.15) is 40.2 Å². The van der Waals surface area contributed by atoms with E-state index in [0.29, 0.717) is 11.3 Å². The number of Topliss-reactive ketones (excluding diaryl/α,β-unsaturated/α-hetero) is 1. The minimum atomic E-state index is -1.06. The van der Waals surface area contributed by atoms with Crippen molar-refractivity contribution < 1.29 is 14.3 Å². The van der Waals surface area contributed by atoms with Gasteiger partial charge in [0.2, 0.25) is 5.91 Å². The largest absolute Gasteiger partial charge is 0.497 e. The first-order chi connectivity index (χ1) is 16.2. The fourth-order valence-corrected chi connectivity index (χ4v) is 6.50. The molecule has 3 aliphatic heterocycles. The van der Waals surface area contributed by atoms with Gasteiger partial charge in [-0.05, 0) is 43.1 Å². The van der Waals surface area contributed by atoms with E-state index in [1.54, 1.807) is 7.11 Å². The Kier molecular flexibility index (Phi) is 4.63. The van der Waals surface area contributed by atoms with Crippen molar-refractivity contribution in [1.82, 2.24) is 4.90 Å². The number of carbonyl (C=O) groups excluding carboxylic acids is 2. The molecule has 5 heteroatoms. The number of rotatable bonds is 4. The number of anilines is 1. The van der Waals surface area contributed by atoms with Gasteiger partial charge in [-0.2, -0.15) is 0 Å². The quantitative estimate of drug-likeness (QED) is 0.605. The van der Waals surface area contributed by atoms with E-state index in [-0.39, 0.29) is 23.7 Å². The Morgan fingerprint density at radius 2 is 1.76 bits per heavy atom. The molecule has 3 aromatic rings. The van der Waals surface area contributed by atoms with Crippen molar-refractivity contribution in [3.63, 3.8) is 0 Å². The summed E-state index contributed by atoms with van der Waals surface area (Å²) in [6, 6.07) is 25.5. The monoisotopic (exact) mass is 438 g/mol. The molecule has 4 atom stereocenters. The Hall–Kier alpha value is -3.44. The van der Waals surface area contributed by atoms with Crippen LogP contribution in [0.15, 0.2) is 78.9 Å². The molecule has 3 aromatic carbocycles. The van der Waals surface area contributed by atoms with Crippen LogP contribution in [0.5, 0.6) is 5.75 Å². The Labute approximate surface area is 193 Å². The molecule has 2 saturated heterocycles. The van der Waals surface area contributed by atoms with E-state index in [1.807, 2.05) is 66.7 Å². The molecule has 2 fully saturated rings. The van der Waals surface area contributed by atoms with Crippen molar-refractivity contribution in [1.29, 1.82) is 0 Å². The third kappa shape index (κ3) is 2.75. The number of carbonyl (C=O) groups is 2. The van der Waals surface area contributed by atoms with E-state index in [0.717, 1.165) is 36.2 Å². The molecule has 1 N–H and O–H groups in total. The number of ketones is 1. The average molecular weight is 439 g/mol. The normalized spacial score (nSPS) is 27.9. The maximum Gasteiger partial charge on any atom is 0.250 e. The van der Waals surface area contributed by atoms with Gasteiger partial charge in [-0.1, -0.05) is 60.7 Å². The third-order valence-electron chi connectivity index (χ3n) is 7.73. The summed E-state index contributed by atoms with van der Waals surface area (Å²) < 4.78 is 5.54. The van der Waals surface area contributed by atoms with Crippen LogP contribution in [0.4, 0.5) is 5.69 Å². The molecule has 3 heterocycles. The van der Waals surface area contributed by atoms with Crippen LogP contribution in [0.3, 0.4) is 0 Å². The fourth-order valence-electron chi connectivity index (χ4n) is 6.50. The Bertz CT molecular complexity index is 1230. The lowest BCUT2D eigenvalue weighted by Crippen LogP contribution is -2.52. The highest BCUT2D eigenvalue weighted by molar-refractivity contribution is 6.12. The number of amides is 1. The number of methoxy groups -OCH3 is 1. The fraction of sp³-hybridized carbons (Fsp3) is 0.286. The highest BCUT2D eigenvalue weighted by Gasteiger charge is 2.69. The molecule has 1 amide bonds. The summed E-state index contributed by atoms with van der Waals surface area (Å²) in [6.07, 6.45) is 1.97. The number of nitrogens with zero attached hydrogens (tertiary/aromatic N) is 1. The Morgan fingerprint density at radius 1 is 1.03 bits per heavy atom. The second-order valence-electron chi connectivity index (χ2n) is 9.18. The minimum Gasteiger partial charge on any atom is -0.497 e. The molecular formula is C28H26N2O3. The van der Waals surface area contributed by atoms with Gasteiger partial charge in [0.05, 0.1) is 13.0 Å². The summed E-state index contributed by atoms with van der Waals surface area (Å²) in [5, 5.41) is 3.11. The number of fused-ring (bicyclic) bond motifs is 4. The first kappa shape index (κ1) is 20.2. The lowest BCUT2D eigenvalue weighted by Gasteiger charge is -2.37. The van der Waals surface area contributed by atoms with Gasteiger partial charge in [0.1, 0.15) is 11.3 Å². The van der Waals surface area contributed by atoms with E-state index >= 15 is 0 Å². The molecule has 0 saturated carbocycles. The first-order valence-corrected chi connectivity index (χ1v) is 11.6. The van der Waals surface area contributed by atoms with Gasteiger partial charge in [0.25, 0.3) is 0 Å². The minimum absolute atomic E-state index is 0.0182. The van der Waals surface area contributed by atoms with Crippen molar-refractivity contribution in [3.05, 3.63) is 95.6 Å². The molecule has 0 aromatic heterocycles. The summed E-state index contributed by atoms with van der Waals surface area (Å²) in [5.41, 5.74) is 2.33. The Morgan fingerprint density at radius 3 is 2.48 bits per heavy atom. The molecule has 6 rings (SSSR count). The van der Waals surface area contributed by atoms with Gasteiger partial charge in [0.15, 0.2) is 5.78 Å². The lowest BCUT2D eigenvalue weighted by atomic mass is 9.69. The molecule has 5 nitrogen and oxygen atoms in total. The van der Waals surface area contributed by atoms with Gasteiger partial charge < -0.3 is 10.1 Å². The summed E-state index contributed by atoms with van der Waals surface area (Å²) in [4.78, 5) is 30.6. The van der Waals surface area contributed by atoms with Crippen LogP contribution < -0.4 is 10.1 Å². The summed E-state index contributed by atoms with van der Waals surface area (Å²) in [5.74, 6) is -0.0188. The second kappa shape index (κ2) is 7.56. The summed E-state index contributed by atoms with van der Waals surface area (Å²) in [7, 11) is 1.63. The highest BCUT2D eigenvalue weighted by atomic mass is 16.5. The van der Waals surface area contributed by atoms with Crippen molar-refractivity contribution in [2.45, 2.75) is 30.3 Å². The lowest BCUT2D eigenvalue weighted by molar-refractivity contribution is -0.127. The zero-order valence-electron chi connectivity index (χ0n) is 18.5. The van der Waals surface area contributed by atoms with Crippen LogP contribution >= 0.6 is 0 Å². The van der Waals surface area contributed by atoms with E-state index in [1.165, 1.54) is 0 Å². The summed E-state index contributed by atoms with van der Waals surface area (Å²) in [6.45, 7) is 0.788. The number of nitrogens with one attached hydrogen (secondary N) is 1. The smallest absolute Gasteiger partial charge is 0.250 e. The number of benzene rings is 3. The van der Waals surface area contributed by atoms with Gasteiger partial charge in [-0.3, -0.25) is 14.5 Å². The topological polar surface area (TPSA) is 58.6 Å². The maximum absolute atomic E-state index is 14.3. The van der Waals surface area contributed by atoms with Crippen LogP contribution in [0.25, 0.3) is 0 Å². The van der Waals surface area contributed by atoms with Crippen LogP contribution in [-0.2, 0) is 10.3 Å². The van der Waals surface area contributed by atoms with Crippen LogP contribution in [0.2, 0.25) is 0 Å². The molecule has 0 radical (unpaired) electrons. The van der Waals surface area contributed by atoms with Gasteiger partial charge in [-0.25, -0.2) is 0 Å². The molecule has 0 unspecified atom stereocenters. The standard InChI is InChI=1S/C28H26N2O3/c1-33-20-14-15-22-21(17-20)28(27(32)29-22)25(26(31)19-11-6-3-7-12-19)24(18-9-4-2-5-10-18)23-13-8-16-30(23)28/h2-7,9-12,14-15,17,23-25H,8,13,16H2,1H3,(H,29,32)/t23-,24+,25+,28-/m1/s1. The number of ether oxygens (including phenoxy) is 1. The number of hydrogen-bond donors (Lipinski definition) is 1. The molecule has 166 valence electrons. The van der Waals surface area contributed by atoms with Crippen molar-refractivity contribution >= 4 is 17.4 Å². The van der Waals surface area contributed by atoms with Gasteiger partial charge in [-0.15, -0.1) is 0 Å². The predicted octanol–water partition coefficient (Wildman–Crippen LogP) is 4.60. The van der Waals surface area contributed by atoms with E-state index in [2.05, 4.69) is 22.3 Å². The van der Waals surface area contributed by atoms with Crippen LogP contribution in [0, 0.1) is 5.92 Å². The predicted molar refractivity (Wildman–Crippen MR) is 126 cm³/mol. The maximum atomic E-state index is 14.3. The van der Waals surface area contributed by atoms with Crippen molar-refractivity contribution in [3.8, 4) is 5.75 Å². The van der Waals surface area contributed by atoms with E-state index in [4.69, 9.17) is 4.74 Å². The zero-order valence-corrected chi connectivity index (χ0v) is 18.5. The molecule has 33 heavy (non-hydrogen) atoms. The highest BCUT2D eigenvalue weighted by Crippen LogP contribution is 2.61. The molecule has 1 spiro atoms. The molecule has 3 aliphatic rings. The Balaban J connectivity index is 1.63. The number of hydrogen-bond acceptors (Lipinski definition) is 4. The first-order valence-electron chi connectivity index (χ1n) is 11.6.